The molecule has 0 radical (unpaired) electrons. The maximum Gasteiger partial charge on any atom is 0.573 e. The molecule has 2 aromatic carbocycles. The summed E-state index contributed by atoms with van der Waals surface area (Å²) in [5.41, 5.74) is -0.710. The van der Waals surface area contributed by atoms with Crippen molar-refractivity contribution in [3.63, 3.8) is 0 Å². The van der Waals surface area contributed by atoms with Gasteiger partial charge in [-0.25, -0.2) is 21.6 Å². The third-order valence-corrected chi connectivity index (χ3v) is 4.47. The van der Waals surface area contributed by atoms with Gasteiger partial charge in [0.05, 0.1) is 12.8 Å². The standard InChI is InChI=1S/C14H7F8NO4S/c1-26-11-5(15)3-2-4-6(11)23-28(24,25)13-9(18)7(16)12(8(17)10(13)19)27-14(20,21)22/h2-4,23H,1H3. The van der Waals surface area contributed by atoms with Crippen LogP contribution < -0.4 is 14.2 Å². The normalized spacial score (nSPS) is 12.0. The van der Waals surface area contributed by atoms with Crippen molar-refractivity contribution in [2.24, 2.45) is 0 Å². The van der Waals surface area contributed by atoms with Crippen LogP contribution in [0.25, 0.3) is 0 Å². The molecule has 0 unspecified atom stereocenters. The summed E-state index contributed by atoms with van der Waals surface area (Å²) in [7, 11) is -4.58. The van der Waals surface area contributed by atoms with E-state index >= 15 is 0 Å². The van der Waals surface area contributed by atoms with Crippen LogP contribution in [0.5, 0.6) is 11.5 Å². The minimum Gasteiger partial charge on any atom is -0.492 e. The van der Waals surface area contributed by atoms with Crippen molar-refractivity contribution in [2.75, 3.05) is 11.8 Å². The molecule has 0 aliphatic carbocycles. The van der Waals surface area contributed by atoms with Crippen molar-refractivity contribution in [3.05, 3.63) is 47.3 Å². The summed E-state index contributed by atoms with van der Waals surface area (Å²) >= 11 is 0. The summed E-state index contributed by atoms with van der Waals surface area (Å²) in [5.74, 6) is -15.2. The molecule has 0 saturated carbocycles. The van der Waals surface area contributed by atoms with Crippen LogP contribution in [0, 0.1) is 29.1 Å². The third kappa shape index (κ3) is 4.05. The highest BCUT2D eigenvalue weighted by molar-refractivity contribution is 7.92. The number of nitrogens with one attached hydrogen (secondary N) is 1. The lowest BCUT2D eigenvalue weighted by atomic mass is 10.3. The van der Waals surface area contributed by atoms with E-state index in [1.165, 1.54) is 4.72 Å². The number of ether oxygens (including phenoxy) is 2. The van der Waals surface area contributed by atoms with E-state index in [0.717, 1.165) is 25.3 Å². The number of para-hydroxylation sites is 1. The molecule has 0 spiro atoms. The molecule has 28 heavy (non-hydrogen) atoms. The average molecular weight is 437 g/mol. The average Bonchev–Trinajstić information content (AvgIpc) is 2.56. The van der Waals surface area contributed by atoms with E-state index in [2.05, 4.69) is 9.47 Å². The second-order valence-corrected chi connectivity index (χ2v) is 6.51. The largest absolute Gasteiger partial charge is 0.573 e. The number of hydrogen-bond donors (Lipinski definition) is 1. The summed E-state index contributed by atoms with van der Waals surface area (Å²) in [6.07, 6.45) is -5.73. The molecule has 0 aliphatic rings. The van der Waals surface area contributed by atoms with Gasteiger partial charge in [0.25, 0.3) is 10.0 Å². The Kier molecular flexibility index (Phi) is 5.64. The summed E-state index contributed by atoms with van der Waals surface area (Å²) < 4.78 is 139. The zero-order chi connectivity index (χ0) is 21.4. The van der Waals surface area contributed by atoms with Gasteiger partial charge in [-0.2, -0.15) is 8.78 Å². The number of anilines is 1. The fourth-order valence-electron chi connectivity index (χ4n) is 2.03. The molecule has 0 atom stereocenters. The molecule has 0 bridgehead atoms. The number of alkyl halides is 3. The lowest BCUT2D eigenvalue weighted by molar-refractivity contribution is -0.276. The Labute approximate surface area is 151 Å². The molecule has 1 N–H and O–H groups in total. The van der Waals surface area contributed by atoms with Gasteiger partial charge in [0.2, 0.25) is 17.4 Å². The van der Waals surface area contributed by atoms with Crippen LogP contribution in [0.3, 0.4) is 0 Å². The zero-order valence-electron chi connectivity index (χ0n) is 13.3. The van der Waals surface area contributed by atoms with E-state index in [-0.39, 0.29) is 0 Å². The minimum absolute atomic E-state index is 0.710. The molecule has 2 rings (SSSR count). The highest BCUT2D eigenvalue weighted by Gasteiger charge is 2.40. The van der Waals surface area contributed by atoms with Gasteiger partial charge in [-0.05, 0) is 12.1 Å². The van der Waals surface area contributed by atoms with Gasteiger partial charge in [0.15, 0.2) is 28.1 Å². The van der Waals surface area contributed by atoms with E-state index < -0.39 is 67.6 Å². The lowest BCUT2D eigenvalue weighted by Gasteiger charge is -2.16. The van der Waals surface area contributed by atoms with Crippen molar-refractivity contribution in [1.82, 2.24) is 0 Å². The van der Waals surface area contributed by atoms with E-state index in [1.54, 1.807) is 0 Å². The molecule has 0 fully saturated rings. The number of benzene rings is 2. The van der Waals surface area contributed by atoms with Crippen molar-refractivity contribution in [2.45, 2.75) is 11.3 Å². The topological polar surface area (TPSA) is 64.6 Å². The third-order valence-electron chi connectivity index (χ3n) is 3.08. The molecular weight excluding hydrogens is 430 g/mol. The summed E-state index contributed by atoms with van der Waals surface area (Å²) in [4.78, 5) is -2.29. The van der Waals surface area contributed by atoms with Gasteiger partial charge >= 0.3 is 6.36 Å². The first kappa shape index (κ1) is 21.5. The predicted octanol–water partition coefficient (Wildman–Crippen LogP) is 4.09. The van der Waals surface area contributed by atoms with E-state index in [4.69, 9.17) is 0 Å². The molecule has 5 nitrogen and oxygen atoms in total. The monoisotopic (exact) mass is 437 g/mol. The Morgan fingerprint density at radius 2 is 1.43 bits per heavy atom. The molecule has 0 aromatic heterocycles. The molecule has 0 saturated heterocycles. The molecule has 0 amide bonds. The van der Waals surface area contributed by atoms with E-state index in [0.29, 0.717) is 0 Å². The van der Waals surface area contributed by atoms with Crippen LogP contribution in [0.2, 0.25) is 0 Å². The molecule has 154 valence electrons. The maximum atomic E-state index is 14.0. The first-order valence-electron chi connectivity index (χ1n) is 6.77. The first-order valence-corrected chi connectivity index (χ1v) is 8.25. The van der Waals surface area contributed by atoms with Crippen LogP contribution in [0.4, 0.5) is 40.8 Å². The number of halogens is 8. The van der Waals surface area contributed by atoms with Crippen molar-refractivity contribution >= 4 is 15.7 Å². The van der Waals surface area contributed by atoms with Gasteiger partial charge < -0.3 is 9.47 Å². The number of hydrogen-bond acceptors (Lipinski definition) is 4. The van der Waals surface area contributed by atoms with E-state index in [1.807, 2.05) is 0 Å². The molecule has 2 aromatic rings. The maximum absolute atomic E-state index is 14.0. The Balaban J connectivity index is 2.63. The fraction of sp³-hybridized carbons (Fsp3) is 0.143. The van der Waals surface area contributed by atoms with E-state index in [9.17, 15) is 43.5 Å². The summed E-state index contributed by atoms with van der Waals surface area (Å²) in [6, 6.07) is 2.67. The lowest BCUT2D eigenvalue weighted by Crippen LogP contribution is -2.23. The number of sulfonamides is 1. The Morgan fingerprint density at radius 1 is 0.893 bits per heavy atom. The van der Waals surface area contributed by atoms with Crippen molar-refractivity contribution < 1.29 is 53.0 Å². The quantitative estimate of drug-likeness (QED) is 0.566. The smallest absolute Gasteiger partial charge is 0.492 e. The summed E-state index contributed by atoms with van der Waals surface area (Å²) in [5, 5.41) is 0. The molecule has 14 heteroatoms. The number of rotatable bonds is 5. The highest BCUT2D eigenvalue weighted by atomic mass is 32.2. The van der Waals surface area contributed by atoms with Crippen molar-refractivity contribution in [3.8, 4) is 11.5 Å². The SMILES string of the molecule is COc1c(F)cccc1NS(=O)(=O)c1c(F)c(F)c(OC(F)(F)F)c(F)c1F. The van der Waals surface area contributed by atoms with Crippen LogP contribution >= 0.6 is 0 Å². The van der Waals surface area contributed by atoms with Crippen LogP contribution in [0.15, 0.2) is 23.1 Å². The first-order chi connectivity index (χ1) is 12.8. The second kappa shape index (κ2) is 7.33. The van der Waals surface area contributed by atoms with Gasteiger partial charge in [-0.3, -0.25) is 4.72 Å². The number of methoxy groups -OCH3 is 1. The molecular formula is C14H7F8NO4S. The van der Waals surface area contributed by atoms with Gasteiger partial charge in [-0.1, -0.05) is 6.07 Å². The van der Waals surface area contributed by atoms with Gasteiger partial charge in [0, 0.05) is 0 Å². The minimum atomic E-state index is -5.73. The fourth-order valence-corrected chi connectivity index (χ4v) is 3.23. The zero-order valence-corrected chi connectivity index (χ0v) is 14.1. The van der Waals surface area contributed by atoms with Crippen LogP contribution in [0.1, 0.15) is 0 Å². The van der Waals surface area contributed by atoms with Crippen LogP contribution in [-0.2, 0) is 10.0 Å². The van der Waals surface area contributed by atoms with Crippen molar-refractivity contribution in [1.29, 1.82) is 0 Å². The molecule has 0 heterocycles. The highest BCUT2D eigenvalue weighted by Crippen LogP contribution is 2.37. The molecule has 0 aliphatic heterocycles. The Hall–Kier alpha value is -2.77. The Morgan fingerprint density at radius 3 is 1.89 bits per heavy atom. The van der Waals surface area contributed by atoms with Crippen LogP contribution in [-0.4, -0.2) is 21.9 Å². The Bertz CT molecular complexity index is 994. The van der Waals surface area contributed by atoms with Gasteiger partial charge in [-0.15, -0.1) is 13.2 Å². The predicted molar refractivity (Wildman–Crippen MR) is 76.7 cm³/mol. The summed E-state index contributed by atoms with van der Waals surface area (Å²) in [6.45, 7) is 0. The van der Waals surface area contributed by atoms with Gasteiger partial charge in [0.1, 0.15) is 0 Å². The second-order valence-electron chi connectivity index (χ2n) is 4.89.